The molecule has 206 valence electrons. The van der Waals surface area contributed by atoms with Gasteiger partial charge in [0.15, 0.2) is 0 Å². The normalized spacial score (nSPS) is 11.2. The molecule has 0 saturated heterocycles. The summed E-state index contributed by atoms with van der Waals surface area (Å²) in [6.07, 6.45) is 4.82. The second-order valence-electron chi connectivity index (χ2n) is 8.81. The SMILES string of the molecule is CCOC(=O)/C=C/CSc1ccc(NC(=O)/C(=C/c2ccc(-c3ccccc3)cc2)NC(=O)c2ccccc2)cc1. The van der Waals surface area contributed by atoms with Gasteiger partial charge in [-0.2, -0.15) is 0 Å². The van der Waals surface area contributed by atoms with E-state index in [9.17, 15) is 14.4 Å². The highest BCUT2D eigenvalue weighted by atomic mass is 32.2. The minimum absolute atomic E-state index is 0.119. The fourth-order valence-electron chi connectivity index (χ4n) is 3.82. The summed E-state index contributed by atoms with van der Waals surface area (Å²) in [6.45, 7) is 2.11. The zero-order valence-electron chi connectivity index (χ0n) is 22.6. The zero-order chi connectivity index (χ0) is 28.9. The van der Waals surface area contributed by atoms with Crippen LogP contribution in [-0.4, -0.2) is 30.1 Å². The van der Waals surface area contributed by atoms with Gasteiger partial charge in [0.2, 0.25) is 0 Å². The molecule has 4 aromatic rings. The molecule has 4 rings (SSSR count). The highest BCUT2D eigenvalue weighted by molar-refractivity contribution is 7.99. The van der Waals surface area contributed by atoms with Gasteiger partial charge in [0, 0.05) is 28.0 Å². The molecular weight excluding hydrogens is 532 g/mol. The fraction of sp³-hybridized carbons (Fsp3) is 0.0882. The predicted octanol–water partition coefficient (Wildman–Crippen LogP) is 6.97. The van der Waals surface area contributed by atoms with Gasteiger partial charge in [-0.05, 0) is 66.1 Å². The minimum atomic E-state index is -0.445. The van der Waals surface area contributed by atoms with E-state index in [1.54, 1.807) is 67.2 Å². The van der Waals surface area contributed by atoms with E-state index in [0.717, 1.165) is 21.6 Å². The van der Waals surface area contributed by atoms with Crippen LogP contribution in [0.2, 0.25) is 0 Å². The first-order chi connectivity index (χ1) is 20.0. The highest BCUT2D eigenvalue weighted by Gasteiger charge is 2.15. The van der Waals surface area contributed by atoms with Crippen molar-refractivity contribution in [2.75, 3.05) is 17.7 Å². The topological polar surface area (TPSA) is 84.5 Å². The van der Waals surface area contributed by atoms with Crippen molar-refractivity contribution in [1.29, 1.82) is 0 Å². The first kappa shape index (κ1) is 29.1. The zero-order valence-corrected chi connectivity index (χ0v) is 23.4. The van der Waals surface area contributed by atoms with E-state index >= 15 is 0 Å². The third kappa shape index (κ3) is 9.08. The molecule has 0 saturated carbocycles. The van der Waals surface area contributed by atoms with Gasteiger partial charge in [-0.25, -0.2) is 4.79 Å². The second kappa shape index (κ2) is 15.1. The van der Waals surface area contributed by atoms with E-state index in [4.69, 9.17) is 4.74 Å². The molecule has 0 radical (unpaired) electrons. The molecular formula is C34H30N2O4S. The molecule has 6 nitrogen and oxygen atoms in total. The van der Waals surface area contributed by atoms with Crippen molar-refractivity contribution in [3.05, 3.63) is 138 Å². The number of hydrogen-bond donors (Lipinski definition) is 2. The molecule has 0 aliphatic rings. The Labute approximate surface area is 244 Å². The predicted molar refractivity (Wildman–Crippen MR) is 165 cm³/mol. The molecule has 0 aliphatic heterocycles. The molecule has 0 spiro atoms. The van der Waals surface area contributed by atoms with Crippen molar-refractivity contribution in [3.63, 3.8) is 0 Å². The minimum Gasteiger partial charge on any atom is -0.463 e. The third-order valence-corrected chi connectivity index (χ3v) is 6.82. The molecule has 0 unspecified atom stereocenters. The van der Waals surface area contributed by atoms with E-state index in [2.05, 4.69) is 10.6 Å². The van der Waals surface area contributed by atoms with Crippen LogP contribution in [0.15, 0.2) is 132 Å². The van der Waals surface area contributed by atoms with Gasteiger partial charge in [-0.15, -0.1) is 11.8 Å². The third-order valence-electron chi connectivity index (χ3n) is 5.86. The van der Waals surface area contributed by atoms with E-state index in [1.807, 2.05) is 72.8 Å². The molecule has 4 aromatic carbocycles. The number of nitrogens with one attached hydrogen (secondary N) is 2. The Morgan fingerprint density at radius 2 is 1.41 bits per heavy atom. The van der Waals surface area contributed by atoms with Crippen molar-refractivity contribution in [1.82, 2.24) is 5.32 Å². The van der Waals surface area contributed by atoms with Crippen molar-refractivity contribution in [3.8, 4) is 11.1 Å². The van der Waals surface area contributed by atoms with Crippen LogP contribution < -0.4 is 10.6 Å². The molecule has 2 N–H and O–H groups in total. The molecule has 7 heteroatoms. The quantitative estimate of drug-likeness (QED) is 0.117. The first-order valence-corrected chi connectivity index (χ1v) is 14.1. The van der Waals surface area contributed by atoms with Gasteiger partial charge >= 0.3 is 5.97 Å². The average molecular weight is 563 g/mol. The van der Waals surface area contributed by atoms with Gasteiger partial charge in [0.1, 0.15) is 5.70 Å². The smallest absolute Gasteiger partial charge is 0.330 e. The number of rotatable bonds is 11. The summed E-state index contributed by atoms with van der Waals surface area (Å²) in [5, 5.41) is 5.65. The van der Waals surface area contributed by atoms with Crippen molar-refractivity contribution < 1.29 is 19.1 Å². The number of amides is 2. The number of ether oxygens (including phenoxy) is 1. The first-order valence-electron chi connectivity index (χ1n) is 13.1. The lowest BCUT2D eigenvalue weighted by atomic mass is 10.0. The number of carbonyl (C=O) groups is 3. The van der Waals surface area contributed by atoms with E-state index < -0.39 is 5.91 Å². The molecule has 2 amide bonds. The average Bonchev–Trinajstić information content (AvgIpc) is 3.01. The largest absolute Gasteiger partial charge is 0.463 e. The molecule has 0 atom stereocenters. The van der Waals surface area contributed by atoms with Crippen LogP contribution in [0, 0.1) is 0 Å². The second-order valence-corrected chi connectivity index (χ2v) is 9.90. The number of anilines is 1. The van der Waals surface area contributed by atoms with Crippen LogP contribution in [-0.2, 0) is 14.3 Å². The van der Waals surface area contributed by atoms with E-state index in [1.165, 1.54) is 6.08 Å². The summed E-state index contributed by atoms with van der Waals surface area (Å²) in [6, 6.07) is 33.9. The number of benzene rings is 4. The standard InChI is InChI=1S/C34H30N2O4S/c1-2-40-32(37)14-9-23-41-30-21-19-29(20-22-30)35-34(39)31(36-33(38)28-12-7-4-8-13-28)24-25-15-17-27(18-16-25)26-10-5-3-6-11-26/h3-22,24H,2,23H2,1H3,(H,35,39)(H,36,38)/b14-9+,31-24-. The number of carbonyl (C=O) groups excluding carboxylic acids is 3. The number of hydrogen-bond acceptors (Lipinski definition) is 5. The van der Waals surface area contributed by atoms with Gasteiger partial charge < -0.3 is 15.4 Å². The Morgan fingerprint density at radius 1 is 0.780 bits per heavy atom. The lowest BCUT2D eigenvalue weighted by Gasteiger charge is -2.12. The molecule has 41 heavy (non-hydrogen) atoms. The van der Waals surface area contributed by atoms with Crippen LogP contribution in [0.5, 0.6) is 0 Å². The summed E-state index contributed by atoms with van der Waals surface area (Å²) in [4.78, 5) is 38.6. The molecule has 0 heterocycles. The summed E-state index contributed by atoms with van der Waals surface area (Å²) in [5.74, 6) is -0.581. The van der Waals surface area contributed by atoms with Crippen molar-refractivity contribution in [2.24, 2.45) is 0 Å². The molecule has 0 fully saturated rings. The molecule has 0 aliphatic carbocycles. The summed E-state index contributed by atoms with van der Waals surface area (Å²) >= 11 is 1.55. The summed E-state index contributed by atoms with van der Waals surface area (Å²) in [7, 11) is 0. The van der Waals surface area contributed by atoms with Crippen molar-refractivity contribution in [2.45, 2.75) is 11.8 Å². The lowest BCUT2D eigenvalue weighted by molar-refractivity contribution is -0.137. The van der Waals surface area contributed by atoms with Crippen LogP contribution in [0.25, 0.3) is 17.2 Å². The maximum atomic E-state index is 13.3. The van der Waals surface area contributed by atoms with E-state index in [0.29, 0.717) is 23.6 Å². The summed E-state index contributed by atoms with van der Waals surface area (Å²) in [5.41, 5.74) is 4.07. The maximum absolute atomic E-state index is 13.3. The van der Waals surface area contributed by atoms with Crippen molar-refractivity contribution >= 4 is 41.3 Å². The van der Waals surface area contributed by atoms with Crippen LogP contribution in [0.4, 0.5) is 5.69 Å². The van der Waals surface area contributed by atoms with Gasteiger partial charge in [0.25, 0.3) is 11.8 Å². The summed E-state index contributed by atoms with van der Waals surface area (Å²) < 4.78 is 4.87. The van der Waals surface area contributed by atoms with Crippen LogP contribution in [0.3, 0.4) is 0 Å². The van der Waals surface area contributed by atoms with E-state index in [-0.39, 0.29) is 17.6 Å². The Bertz CT molecular complexity index is 1520. The Morgan fingerprint density at radius 3 is 2.07 bits per heavy atom. The fourth-order valence-corrected chi connectivity index (χ4v) is 4.54. The van der Waals surface area contributed by atoms with Gasteiger partial charge in [-0.1, -0.05) is 78.9 Å². The Hall–Kier alpha value is -4.88. The van der Waals surface area contributed by atoms with Gasteiger partial charge in [0.05, 0.1) is 6.61 Å². The Kier molecular flexibility index (Phi) is 10.7. The number of thioether (sulfide) groups is 1. The molecule has 0 aromatic heterocycles. The monoisotopic (exact) mass is 562 g/mol. The number of esters is 1. The van der Waals surface area contributed by atoms with Gasteiger partial charge in [-0.3, -0.25) is 9.59 Å². The highest BCUT2D eigenvalue weighted by Crippen LogP contribution is 2.22. The molecule has 0 bridgehead atoms. The Balaban J connectivity index is 1.47. The van der Waals surface area contributed by atoms with Crippen LogP contribution >= 0.6 is 11.8 Å². The van der Waals surface area contributed by atoms with Crippen LogP contribution in [0.1, 0.15) is 22.8 Å². The maximum Gasteiger partial charge on any atom is 0.330 e. The lowest BCUT2D eigenvalue weighted by Crippen LogP contribution is -2.30.